The summed E-state index contributed by atoms with van der Waals surface area (Å²) < 4.78 is 39.6. The lowest BCUT2D eigenvalue weighted by Crippen LogP contribution is -2.69. The molecule has 1 atom stereocenters. The zero-order valence-electron chi connectivity index (χ0n) is 16.3. The van der Waals surface area contributed by atoms with Crippen molar-refractivity contribution in [2.75, 3.05) is 13.1 Å². The third-order valence-electron chi connectivity index (χ3n) is 6.50. The first-order valence-electron chi connectivity index (χ1n) is 9.71. The molecule has 1 amide bonds. The van der Waals surface area contributed by atoms with E-state index in [2.05, 4.69) is 24.1 Å². The molecule has 4 heterocycles. The van der Waals surface area contributed by atoms with E-state index >= 15 is 0 Å². The van der Waals surface area contributed by atoms with Crippen molar-refractivity contribution in [2.24, 2.45) is 5.92 Å². The van der Waals surface area contributed by atoms with Crippen LogP contribution in [-0.2, 0) is 6.42 Å². The largest absolute Gasteiger partial charge is 0.393 e. The van der Waals surface area contributed by atoms with Crippen LogP contribution in [0.3, 0.4) is 0 Å². The molecule has 0 radical (unpaired) electrons. The number of benzene rings is 1. The number of fused-ring (bicyclic) bond motifs is 4. The van der Waals surface area contributed by atoms with Gasteiger partial charge in [-0.25, -0.2) is 0 Å². The van der Waals surface area contributed by atoms with Crippen LogP contribution in [0.25, 0.3) is 10.1 Å². The highest BCUT2D eigenvalue weighted by Crippen LogP contribution is 2.40. The van der Waals surface area contributed by atoms with Crippen molar-refractivity contribution in [2.45, 2.75) is 57.8 Å². The van der Waals surface area contributed by atoms with Crippen molar-refractivity contribution >= 4 is 27.3 Å². The van der Waals surface area contributed by atoms with Crippen molar-refractivity contribution in [3.8, 4) is 0 Å². The molecule has 1 aromatic carbocycles. The lowest BCUT2D eigenvalue weighted by atomic mass is 9.72. The minimum Gasteiger partial charge on any atom is -0.346 e. The average Bonchev–Trinajstić information content (AvgIpc) is 3.05. The van der Waals surface area contributed by atoms with Crippen molar-refractivity contribution in [3.63, 3.8) is 0 Å². The minimum absolute atomic E-state index is 0.0593. The second kappa shape index (κ2) is 6.73. The Bertz CT molecular complexity index is 910. The molecule has 1 N–H and O–H groups in total. The number of amides is 1. The predicted molar refractivity (Wildman–Crippen MR) is 106 cm³/mol. The standard InChI is InChI=1S/C21H25F3N2OS/c1-12-4-5-14-10-16(28-17(14)15(12)11-21(22,23)24)19(27)25-18-13-6-8-26(9-7-13)20(18,2)3/h4-5,10,13,18H,6-9,11H2,1-3H3,(H,25,27)/t18-/m1/s1. The van der Waals surface area contributed by atoms with Gasteiger partial charge in [0.05, 0.1) is 11.3 Å². The molecular formula is C21H25F3N2OS. The first kappa shape index (κ1) is 19.7. The van der Waals surface area contributed by atoms with E-state index in [0.717, 1.165) is 25.9 Å². The lowest BCUT2D eigenvalue weighted by molar-refractivity contribution is -0.127. The fraction of sp³-hybridized carbons (Fsp3) is 0.571. The molecule has 0 saturated carbocycles. The number of thiophene rings is 1. The molecule has 3 nitrogen and oxygen atoms in total. The van der Waals surface area contributed by atoms with Gasteiger partial charge in [0.1, 0.15) is 0 Å². The predicted octanol–water partition coefficient (Wildman–Crippen LogP) is 4.92. The number of aryl methyl sites for hydroxylation is 1. The SMILES string of the molecule is Cc1ccc2cc(C(=O)N[C@@H]3C4CCN(CC4)C3(C)C)sc2c1CC(F)(F)F. The van der Waals surface area contributed by atoms with Crippen LogP contribution in [0.1, 0.15) is 47.5 Å². The fourth-order valence-corrected chi connectivity index (χ4v) is 6.04. The summed E-state index contributed by atoms with van der Waals surface area (Å²) in [5.74, 6) is 0.282. The molecule has 2 aromatic rings. The van der Waals surface area contributed by atoms with E-state index in [-0.39, 0.29) is 23.1 Å². The first-order valence-corrected chi connectivity index (χ1v) is 10.5. The maximum Gasteiger partial charge on any atom is 0.393 e. The van der Waals surface area contributed by atoms with E-state index in [1.54, 1.807) is 25.1 Å². The Hall–Kier alpha value is -1.60. The summed E-state index contributed by atoms with van der Waals surface area (Å²) >= 11 is 1.17. The molecule has 0 aliphatic carbocycles. The van der Waals surface area contributed by atoms with Gasteiger partial charge in [-0.05, 0) is 75.2 Å². The van der Waals surface area contributed by atoms with Gasteiger partial charge in [0.15, 0.2) is 0 Å². The number of carbonyl (C=O) groups is 1. The van der Waals surface area contributed by atoms with Crippen LogP contribution in [-0.4, -0.2) is 41.7 Å². The van der Waals surface area contributed by atoms with Gasteiger partial charge in [-0.15, -0.1) is 11.3 Å². The molecule has 0 unspecified atom stereocenters. The quantitative estimate of drug-likeness (QED) is 0.779. The number of nitrogens with zero attached hydrogens (tertiary/aromatic N) is 1. The Morgan fingerprint density at radius 1 is 1.29 bits per heavy atom. The maximum absolute atomic E-state index is 13.0. The Morgan fingerprint density at radius 3 is 2.57 bits per heavy atom. The van der Waals surface area contributed by atoms with Crippen LogP contribution >= 0.6 is 11.3 Å². The molecule has 28 heavy (non-hydrogen) atoms. The van der Waals surface area contributed by atoms with E-state index < -0.39 is 12.6 Å². The molecule has 152 valence electrons. The highest BCUT2D eigenvalue weighted by molar-refractivity contribution is 7.21. The summed E-state index contributed by atoms with van der Waals surface area (Å²) in [6.07, 6.45) is -3.08. The highest BCUT2D eigenvalue weighted by Gasteiger charge is 2.48. The van der Waals surface area contributed by atoms with Gasteiger partial charge in [0, 0.05) is 16.3 Å². The highest BCUT2D eigenvalue weighted by atomic mass is 32.1. The molecule has 1 aromatic heterocycles. The molecule has 7 heteroatoms. The van der Waals surface area contributed by atoms with Gasteiger partial charge in [-0.2, -0.15) is 13.2 Å². The molecular weight excluding hydrogens is 385 g/mol. The van der Waals surface area contributed by atoms with Crippen molar-refractivity contribution in [1.29, 1.82) is 0 Å². The third-order valence-corrected chi connectivity index (χ3v) is 7.71. The van der Waals surface area contributed by atoms with Crippen LogP contribution in [0.4, 0.5) is 13.2 Å². The number of piperidine rings is 3. The topological polar surface area (TPSA) is 32.3 Å². The monoisotopic (exact) mass is 410 g/mol. The van der Waals surface area contributed by atoms with Crippen LogP contribution < -0.4 is 5.32 Å². The molecule has 3 fully saturated rings. The molecule has 3 aliphatic heterocycles. The molecule has 3 saturated heterocycles. The van der Waals surface area contributed by atoms with Gasteiger partial charge in [0.25, 0.3) is 5.91 Å². The lowest BCUT2D eigenvalue weighted by Gasteiger charge is -2.56. The van der Waals surface area contributed by atoms with Crippen LogP contribution in [0.15, 0.2) is 18.2 Å². The first-order chi connectivity index (χ1) is 13.1. The second-order valence-corrected chi connectivity index (χ2v) is 9.66. The van der Waals surface area contributed by atoms with E-state index in [9.17, 15) is 18.0 Å². The average molecular weight is 411 g/mol. The van der Waals surface area contributed by atoms with E-state index in [1.807, 2.05) is 0 Å². The smallest absolute Gasteiger partial charge is 0.346 e. The van der Waals surface area contributed by atoms with Crippen molar-refractivity contribution in [1.82, 2.24) is 10.2 Å². The van der Waals surface area contributed by atoms with Gasteiger partial charge >= 0.3 is 6.18 Å². The summed E-state index contributed by atoms with van der Waals surface area (Å²) in [7, 11) is 0. The van der Waals surface area contributed by atoms with Crippen molar-refractivity contribution < 1.29 is 18.0 Å². The van der Waals surface area contributed by atoms with Gasteiger partial charge < -0.3 is 5.32 Å². The molecule has 5 rings (SSSR count). The number of halogens is 3. The van der Waals surface area contributed by atoms with Crippen LogP contribution in [0.5, 0.6) is 0 Å². The number of carbonyl (C=O) groups excluding carboxylic acids is 1. The third kappa shape index (κ3) is 3.43. The Kier molecular flexibility index (Phi) is 4.74. The number of alkyl halides is 3. The summed E-state index contributed by atoms with van der Waals surface area (Å²) in [4.78, 5) is 15.9. The summed E-state index contributed by atoms with van der Waals surface area (Å²) in [5, 5.41) is 3.91. The number of rotatable bonds is 3. The zero-order chi connectivity index (χ0) is 20.3. The van der Waals surface area contributed by atoms with Gasteiger partial charge in [-0.1, -0.05) is 12.1 Å². The van der Waals surface area contributed by atoms with Gasteiger partial charge in [-0.3, -0.25) is 9.69 Å². The normalized spacial score (nSPS) is 26.6. The van der Waals surface area contributed by atoms with Crippen LogP contribution in [0.2, 0.25) is 0 Å². The van der Waals surface area contributed by atoms with E-state index in [4.69, 9.17) is 0 Å². The Balaban J connectivity index is 1.63. The number of nitrogens with one attached hydrogen (secondary N) is 1. The Labute approximate surface area is 166 Å². The van der Waals surface area contributed by atoms with Gasteiger partial charge in [0.2, 0.25) is 0 Å². The Morgan fingerprint density at radius 2 is 1.96 bits per heavy atom. The second-order valence-electron chi connectivity index (χ2n) is 8.61. The molecule has 0 spiro atoms. The maximum atomic E-state index is 13.0. The number of hydrogen-bond donors (Lipinski definition) is 1. The minimum atomic E-state index is -4.27. The van der Waals surface area contributed by atoms with Crippen LogP contribution in [0, 0.1) is 12.8 Å². The zero-order valence-corrected chi connectivity index (χ0v) is 17.1. The van der Waals surface area contributed by atoms with E-state index in [0.29, 0.717) is 26.4 Å². The molecule has 2 bridgehead atoms. The summed E-state index contributed by atoms with van der Waals surface area (Å²) in [5.41, 5.74) is 0.778. The molecule has 3 aliphatic rings. The van der Waals surface area contributed by atoms with Crippen molar-refractivity contribution in [3.05, 3.63) is 34.2 Å². The summed E-state index contributed by atoms with van der Waals surface area (Å²) in [6.45, 7) is 8.15. The summed E-state index contributed by atoms with van der Waals surface area (Å²) in [6, 6.07) is 5.29. The number of hydrogen-bond acceptors (Lipinski definition) is 3. The fourth-order valence-electron chi connectivity index (χ4n) is 4.88. The van der Waals surface area contributed by atoms with E-state index in [1.165, 1.54) is 11.3 Å².